The highest BCUT2D eigenvalue weighted by atomic mass is 79.9. The maximum atomic E-state index is 12.7. The van der Waals surface area contributed by atoms with E-state index in [0.29, 0.717) is 28.1 Å². The van der Waals surface area contributed by atoms with E-state index in [0.717, 1.165) is 12.0 Å². The van der Waals surface area contributed by atoms with Crippen molar-refractivity contribution in [2.24, 2.45) is 23.2 Å². The Bertz CT molecular complexity index is 776. The molecule has 0 unspecified atom stereocenters. The van der Waals surface area contributed by atoms with Crippen LogP contribution in [-0.2, 0) is 4.79 Å². The second-order valence-corrected chi connectivity index (χ2v) is 8.38. The molecule has 0 bridgehead atoms. The highest BCUT2D eigenvalue weighted by Crippen LogP contribution is 2.61. The van der Waals surface area contributed by atoms with Crippen molar-refractivity contribution in [2.75, 3.05) is 5.32 Å². The Morgan fingerprint density at radius 2 is 1.96 bits per heavy atom. The lowest BCUT2D eigenvalue weighted by atomic mass is 10.0. The van der Waals surface area contributed by atoms with Crippen molar-refractivity contribution in [3.8, 4) is 11.4 Å². The van der Waals surface area contributed by atoms with Crippen LogP contribution in [0.15, 0.2) is 35.2 Å². The molecule has 0 aromatic carbocycles. The standard InChI is InChI=1S/C19H23BrN4O/c1-11(2)10-13-15(19(13,3)4)18(25)24-14-7-6-12(16(20)23-14)17-21-8-5-9-22-17/h5-9,11,13,15H,10H2,1-4H3,(H,23,24,25)/t13-,15+/m0/s1. The third kappa shape index (κ3) is 3.73. The van der Waals surface area contributed by atoms with Gasteiger partial charge in [-0.3, -0.25) is 4.79 Å². The predicted octanol–water partition coefficient (Wildman–Crippen LogP) is 4.56. The SMILES string of the molecule is CC(C)C[C@H]1[C@H](C(=O)Nc2ccc(-c3ncccn3)c(Br)n2)C1(C)C. The van der Waals surface area contributed by atoms with E-state index < -0.39 is 0 Å². The molecule has 1 N–H and O–H groups in total. The summed E-state index contributed by atoms with van der Waals surface area (Å²) in [5.41, 5.74) is 0.853. The Morgan fingerprint density at radius 3 is 2.56 bits per heavy atom. The smallest absolute Gasteiger partial charge is 0.229 e. The molecule has 0 radical (unpaired) electrons. The molecule has 3 rings (SSSR count). The topological polar surface area (TPSA) is 67.8 Å². The number of halogens is 1. The van der Waals surface area contributed by atoms with Crippen molar-refractivity contribution in [3.63, 3.8) is 0 Å². The molecule has 0 spiro atoms. The van der Waals surface area contributed by atoms with E-state index in [-0.39, 0.29) is 17.2 Å². The Labute approximate surface area is 156 Å². The Balaban J connectivity index is 1.72. The molecular formula is C19H23BrN4O. The zero-order valence-electron chi connectivity index (χ0n) is 15.0. The summed E-state index contributed by atoms with van der Waals surface area (Å²) in [4.78, 5) is 25.5. The van der Waals surface area contributed by atoms with Gasteiger partial charge in [-0.2, -0.15) is 0 Å². The summed E-state index contributed by atoms with van der Waals surface area (Å²) in [6, 6.07) is 5.43. The zero-order valence-corrected chi connectivity index (χ0v) is 16.5. The quantitative estimate of drug-likeness (QED) is 0.744. The number of amides is 1. The van der Waals surface area contributed by atoms with Crippen molar-refractivity contribution in [1.29, 1.82) is 0 Å². The van der Waals surface area contributed by atoms with E-state index in [1.807, 2.05) is 6.07 Å². The van der Waals surface area contributed by atoms with Crippen LogP contribution < -0.4 is 5.32 Å². The van der Waals surface area contributed by atoms with Gasteiger partial charge < -0.3 is 5.32 Å². The summed E-state index contributed by atoms with van der Waals surface area (Å²) in [5, 5.41) is 2.96. The van der Waals surface area contributed by atoms with Crippen molar-refractivity contribution >= 4 is 27.7 Å². The molecule has 2 atom stereocenters. The summed E-state index contributed by atoms with van der Waals surface area (Å²) in [7, 11) is 0. The molecule has 6 heteroatoms. The normalized spacial score (nSPS) is 21.2. The highest BCUT2D eigenvalue weighted by molar-refractivity contribution is 9.10. The van der Waals surface area contributed by atoms with Gasteiger partial charge in [-0.15, -0.1) is 0 Å². The first-order valence-electron chi connectivity index (χ1n) is 8.55. The first-order chi connectivity index (χ1) is 11.8. The molecule has 2 heterocycles. The first-order valence-corrected chi connectivity index (χ1v) is 9.34. The number of anilines is 1. The third-order valence-corrected chi connectivity index (χ3v) is 5.57. The van der Waals surface area contributed by atoms with Gasteiger partial charge in [0.1, 0.15) is 10.4 Å². The van der Waals surface area contributed by atoms with Gasteiger partial charge in [-0.1, -0.05) is 27.7 Å². The summed E-state index contributed by atoms with van der Waals surface area (Å²) in [6.45, 7) is 8.74. The number of pyridine rings is 1. The van der Waals surface area contributed by atoms with Crippen LogP contribution in [0.4, 0.5) is 5.82 Å². The van der Waals surface area contributed by atoms with Gasteiger partial charge >= 0.3 is 0 Å². The number of aromatic nitrogens is 3. The molecule has 2 aromatic rings. The third-order valence-electron chi connectivity index (χ3n) is 4.96. The minimum atomic E-state index is 0.0487. The number of rotatable bonds is 5. The lowest BCUT2D eigenvalue weighted by molar-refractivity contribution is -0.118. The number of hydrogen-bond donors (Lipinski definition) is 1. The number of hydrogen-bond acceptors (Lipinski definition) is 4. The van der Waals surface area contributed by atoms with E-state index >= 15 is 0 Å². The van der Waals surface area contributed by atoms with Crippen LogP contribution in [0.5, 0.6) is 0 Å². The number of carbonyl (C=O) groups is 1. The lowest BCUT2D eigenvalue weighted by Gasteiger charge is -2.08. The van der Waals surface area contributed by atoms with Crippen LogP contribution in [0.3, 0.4) is 0 Å². The Kier molecular flexibility index (Phi) is 4.91. The maximum absolute atomic E-state index is 12.7. The molecule has 1 fully saturated rings. The van der Waals surface area contributed by atoms with E-state index in [4.69, 9.17) is 0 Å². The van der Waals surface area contributed by atoms with Gasteiger partial charge in [0.05, 0.1) is 5.56 Å². The van der Waals surface area contributed by atoms with E-state index in [1.54, 1.807) is 24.5 Å². The van der Waals surface area contributed by atoms with Gasteiger partial charge in [0.15, 0.2) is 5.82 Å². The fraction of sp³-hybridized carbons (Fsp3) is 0.474. The molecule has 25 heavy (non-hydrogen) atoms. The number of nitrogens with zero attached hydrogens (tertiary/aromatic N) is 3. The van der Waals surface area contributed by atoms with Gasteiger partial charge in [-0.25, -0.2) is 15.0 Å². The van der Waals surface area contributed by atoms with Crippen LogP contribution in [0, 0.1) is 23.2 Å². The molecule has 5 nitrogen and oxygen atoms in total. The summed E-state index contributed by atoms with van der Waals surface area (Å²) in [6.07, 6.45) is 4.45. The van der Waals surface area contributed by atoms with Crippen molar-refractivity contribution in [2.45, 2.75) is 34.1 Å². The van der Waals surface area contributed by atoms with Gasteiger partial charge in [0.2, 0.25) is 5.91 Å². The number of carbonyl (C=O) groups excluding carboxylic acids is 1. The van der Waals surface area contributed by atoms with Crippen LogP contribution in [-0.4, -0.2) is 20.9 Å². The molecule has 132 valence electrons. The van der Waals surface area contributed by atoms with Crippen LogP contribution in [0.2, 0.25) is 0 Å². The average Bonchev–Trinajstić information content (AvgIpc) is 3.08. The fourth-order valence-electron chi connectivity index (χ4n) is 3.53. The maximum Gasteiger partial charge on any atom is 0.229 e. The average molecular weight is 403 g/mol. The van der Waals surface area contributed by atoms with Crippen molar-refractivity contribution in [3.05, 3.63) is 35.2 Å². The van der Waals surface area contributed by atoms with E-state index in [9.17, 15) is 4.79 Å². The van der Waals surface area contributed by atoms with Crippen molar-refractivity contribution in [1.82, 2.24) is 15.0 Å². The molecular weight excluding hydrogens is 380 g/mol. The van der Waals surface area contributed by atoms with Crippen LogP contribution >= 0.6 is 15.9 Å². The van der Waals surface area contributed by atoms with Crippen LogP contribution in [0.25, 0.3) is 11.4 Å². The second kappa shape index (κ2) is 6.83. The minimum Gasteiger partial charge on any atom is -0.310 e. The molecule has 1 amide bonds. The Morgan fingerprint density at radius 1 is 1.28 bits per heavy atom. The fourth-order valence-corrected chi connectivity index (χ4v) is 4.03. The first kappa shape index (κ1) is 18.0. The van der Waals surface area contributed by atoms with Crippen molar-refractivity contribution < 1.29 is 4.79 Å². The molecule has 1 aliphatic rings. The molecule has 0 aliphatic heterocycles. The van der Waals surface area contributed by atoms with Gasteiger partial charge in [0.25, 0.3) is 0 Å². The van der Waals surface area contributed by atoms with Gasteiger partial charge in [0, 0.05) is 18.3 Å². The van der Waals surface area contributed by atoms with Gasteiger partial charge in [-0.05, 0) is 57.8 Å². The summed E-state index contributed by atoms with van der Waals surface area (Å²) < 4.78 is 0.616. The van der Waals surface area contributed by atoms with E-state index in [2.05, 4.69) is 63.9 Å². The number of nitrogens with one attached hydrogen (secondary N) is 1. The van der Waals surface area contributed by atoms with E-state index in [1.165, 1.54) is 0 Å². The highest BCUT2D eigenvalue weighted by Gasteiger charge is 2.61. The Hall–Kier alpha value is -1.82. The lowest BCUT2D eigenvalue weighted by Crippen LogP contribution is -2.18. The summed E-state index contributed by atoms with van der Waals surface area (Å²) >= 11 is 3.45. The second-order valence-electron chi connectivity index (χ2n) is 7.63. The minimum absolute atomic E-state index is 0.0487. The monoisotopic (exact) mass is 402 g/mol. The molecule has 0 saturated heterocycles. The molecule has 2 aromatic heterocycles. The molecule has 1 aliphatic carbocycles. The zero-order chi connectivity index (χ0) is 18.2. The summed E-state index contributed by atoms with van der Waals surface area (Å²) in [5.74, 6) is 2.28. The predicted molar refractivity (Wildman–Crippen MR) is 102 cm³/mol. The largest absolute Gasteiger partial charge is 0.310 e. The molecule has 1 saturated carbocycles. The van der Waals surface area contributed by atoms with Crippen LogP contribution in [0.1, 0.15) is 34.1 Å².